The van der Waals surface area contributed by atoms with E-state index >= 15 is 0 Å². The summed E-state index contributed by atoms with van der Waals surface area (Å²) in [6.45, 7) is 0. The summed E-state index contributed by atoms with van der Waals surface area (Å²) in [5.41, 5.74) is 1.58. The number of thiophene rings is 1. The van der Waals surface area contributed by atoms with Gasteiger partial charge in [-0.25, -0.2) is 4.98 Å². The number of non-ortho nitro benzene ring substituents is 1. The Hall–Kier alpha value is -3.07. The Morgan fingerprint density at radius 3 is 2.59 bits per heavy atom. The van der Waals surface area contributed by atoms with E-state index in [1.54, 1.807) is 11.3 Å². The SMILES string of the molecule is O=C(Nc1nc(-c2cccs2)c(-c2ccccc2)s1)c1cc([N+](=O)[O-])ccc1Cl. The van der Waals surface area contributed by atoms with Crippen LogP contribution in [0.4, 0.5) is 10.8 Å². The lowest BCUT2D eigenvalue weighted by atomic mass is 10.1. The van der Waals surface area contributed by atoms with E-state index < -0.39 is 10.8 Å². The average molecular weight is 442 g/mol. The second kappa shape index (κ2) is 8.12. The van der Waals surface area contributed by atoms with E-state index in [2.05, 4.69) is 10.3 Å². The van der Waals surface area contributed by atoms with Gasteiger partial charge in [-0.3, -0.25) is 20.2 Å². The van der Waals surface area contributed by atoms with Gasteiger partial charge in [0.25, 0.3) is 11.6 Å². The Morgan fingerprint density at radius 1 is 1.10 bits per heavy atom. The second-order valence-corrected chi connectivity index (χ2v) is 8.27. The van der Waals surface area contributed by atoms with Gasteiger partial charge in [0.2, 0.25) is 0 Å². The number of rotatable bonds is 5. The van der Waals surface area contributed by atoms with E-state index in [1.165, 1.54) is 23.5 Å². The molecule has 0 radical (unpaired) electrons. The summed E-state index contributed by atoms with van der Waals surface area (Å²) < 4.78 is 0. The fraction of sp³-hybridized carbons (Fsp3) is 0. The first-order valence-corrected chi connectivity index (χ1v) is 10.5. The number of nitrogens with one attached hydrogen (secondary N) is 1. The Kier molecular flexibility index (Phi) is 5.39. The molecule has 1 amide bonds. The maximum atomic E-state index is 12.7. The Labute approximate surface area is 178 Å². The molecule has 6 nitrogen and oxygen atoms in total. The summed E-state index contributed by atoms with van der Waals surface area (Å²) in [5.74, 6) is -0.551. The third kappa shape index (κ3) is 4.04. The van der Waals surface area contributed by atoms with Crippen LogP contribution in [-0.2, 0) is 0 Å². The van der Waals surface area contributed by atoms with Gasteiger partial charge in [0.05, 0.1) is 25.3 Å². The van der Waals surface area contributed by atoms with Gasteiger partial charge in [-0.1, -0.05) is 59.3 Å². The minimum Gasteiger partial charge on any atom is -0.298 e. The van der Waals surface area contributed by atoms with Gasteiger partial charge >= 0.3 is 0 Å². The van der Waals surface area contributed by atoms with Crippen molar-refractivity contribution in [2.45, 2.75) is 0 Å². The molecule has 2 heterocycles. The lowest BCUT2D eigenvalue weighted by Crippen LogP contribution is -2.12. The zero-order chi connectivity index (χ0) is 20.4. The average Bonchev–Trinajstić information content (AvgIpc) is 3.38. The first-order valence-electron chi connectivity index (χ1n) is 8.38. The van der Waals surface area contributed by atoms with Crippen LogP contribution in [0.1, 0.15) is 10.4 Å². The monoisotopic (exact) mass is 441 g/mol. The number of nitro benzene ring substituents is 1. The largest absolute Gasteiger partial charge is 0.298 e. The molecule has 144 valence electrons. The first kappa shape index (κ1) is 19.3. The van der Waals surface area contributed by atoms with E-state index in [-0.39, 0.29) is 16.3 Å². The zero-order valence-corrected chi connectivity index (χ0v) is 17.1. The van der Waals surface area contributed by atoms with Gasteiger partial charge in [0.1, 0.15) is 5.69 Å². The smallest absolute Gasteiger partial charge is 0.270 e. The van der Waals surface area contributed by atoms with Crippen LogP contribution >= 0.6 is 34.3 Å². The lowest BCUT2D eigenvalue weighted by molar-refractivity contribution is -0.384. The number of aromatic nitrogens is 1. The molecule has 9 heteroatoms. The molecule has 0 bridgehead atoms. The van der Waals surface area contributed by atoms with E-state index in [1.807, 2.05) is 47.8 Å². The highest BCUT2D eigenvalue weighted by molar-refractivity contribution is 7.20. The van der Waals surface area contributed by atoms with Crippen LogP contribution < -0.4 is 5.32 Å². The second-order valence-electron chi connectivity index (χ2n) is 5.92. The lowest BCUT2D eigenvalue weighted by Gasteiger charge is -2.04. The van der Waals surface area contributed by atoms with E-state index in [4.69, 9.17) is 11.6 Å². The van der Waals surface area contributed by atoms with Crippen molar-refractivity contribution < 1.29 is 9.72 Å². The van der Waals surface area contributed by atoms with Gasteiger partial charge in [-0.2, -0.15) is 0 Å². The van der Waals surface area contributed by atoms with Crippen LogP contribution in [-0.4, -0.2) is 15.8 Å². The fourth-order valence-corrected chi connectivity index (χ4v) is 4.67. The quantitative estimate of drug-likeness (QED) is 0.288. The van der Waals surface area contributed by atoms with Gasteiger partial charge in [0.15, 0.2) is 5.13 Å². The van der Waals surface area contributed by atoms with Gasteiger partial charge in [0, 0.05) is 12.1 Å². The van der Waals surface area contributed by atoms with Crippen molar-refractivity contribution in [1.82, 2.24) is 4.98 Å². The summed E-state index contributed by atoms with van der Waals surface area (Å²) in [7, 11) is 0. The molecule has 1 N–H and O–H groups in total. The molecule has 0 aliphatic rings. The number of thiazole rings is 1. The molecule has 0 aliphatic carbocycles. The molecule has 0 saturated carbocycles. The molecular formula is C20H12ClN3O3S2. The number of carbonyl (C=O) groups is 1. The van der Waals surface area contributed by atoms with Crippen LogP contribution in [0.3, 0.4) is 0 Å². The zero-order valence-electron chi connectivity index (χ0n) is 14.7. The predicted molar refractivity (Wildman–Crippen MR) is 117 cm³/mol. The molecule has 0 atom stereocenters. The first-order chi connectivity index (χ1) is 14.0. The van der Waals surface area contributed by atoms with Crippen LogP contribution in [0.5, 0.6) is 0 Å². The molecule has 4 aromatic rings. The normalized spacial score (nSPS) is 10.7. The topological polar surface area (TPSA) is 85.1 Å². The molecule has 0 fully saturated rings. The van der Waals surface area contributed by atoms with Crippen molar-refractivity contribution in [1.29, 1.82) is 0 Å². The highest BCUT2D eigenvalue weighted by atomic mass is 35.5. The highest BCUT2D eigenvalue weighted by Crippen LogP contribution is 2.40. The number of amides is 1. The predicted octanol–water partition coefficient (Wildman–Crippen LogP) is 6.35. The van der Waals surface area contributed by atoms with Crippen molar-refractivity contribution in [3.63, 3.8) is 0 Å². The third-order valence-corrected chi connectivity index (χ3v) is 6.27. The van der Waals surface area contributed by atoms with Gasteiger partial charge in [-0.05, 0) is 23.1 Å². The maximum Gasteiger partial charge on any atom is 0.270 e. The van der Waals surface area contributed by atoms with Crippen LogP contribution in [0.2, 0.25) is 5.02 Å². The van der Waals surface area contributed by atoms with E-state index in [0.29, 0.717) is 5.13 Å². The minimum absolute atomic E-state index is 0.0231. The molecule has 0 saturated heterocycles. The Morgan fingerprint density at radius 2 is 1.90 bits per heavy atom. The highest BCUT2D eigenvalue weighted by Gasteiger charge is 2.20. The number of benzene rings is 2. The Bertz CT molecular complexity index is 1190. The maximum absolute atomic E-state index is 12.7. The van der Waals surface area contributed by atoms with Gasteiger partial charge in [-0.15, -0.1) is 11.3 Å². The number of halogens is 1. The number of nitrogens with zero attached hydrogens (tertiary/aromatic N) is 2. The van der Waals surface area contributed by atoms with E-state index in [9.17, 15) is 14.9 Å². The third-order valence-electron chi connectivity index (χ3n) is 4.04. The molecule has 0 aliphatic heterocycles. The summed E-state index contributed by atoms with van der Waals surface area (Å²) in [4.78, 5) is 29.6. The summed E-state index contributed by atoms with van der Waals surface area (Å²) in [6, 6.07) is 17.4. The summed E-state index contributed by atoms with van der Waals surface area (Å²) in [6.07, 6.45) is 0. The van der Waals surface area contributed by atoms with Crippen molar-refractivity contribution in [3.05, 3.63) is 86.7 Å². The van der Waals surface area contributed by atoms with Crippen LogP contribution in [0, 0.1) is 10.1 Å². The number of hydrogen-bond donors (Lipinski definition) is 1. The molecule has 0 unspecified atom stereocenters. The van der Waals surface area contributed by atoms with Gasteiger partial charge < -0.3 is 0 Å². The number of nitro groups is 1. The molecule has 29 heavy (non-hydrogen) atoms. The minimum atomic E-state index is -0.571. The van der Waals surface area contributed by atoms with Crippen molar-refractivity contribution >= 4 is 51.0 Å². The number of anilines is 1. The number of carbonyl (C=O) groups excluding carboxylic acids is 1. The summed E-state index contributed by atoms with van der Waals surface area (Å²) in [5, 5.41) is 16.2. The molecule has 2 aromatic heterocycles. The number of hydrogen-bond acceptors (Lipinski definition) is 6. The summed E-state index contributed by atoms with van der Waals surface area (Å²) >= 11 is 8.97. The fourth-order valence-electron chi connectivity index (χ4n) is 2.70. The standard InChI is InChI=1S/C20H12ClN3O3S2/c21-15-9-8-13(24(26)27)11-14(15)19(25)23-20-22-17(16-7-4-10-28-16)18(29-20)12-5-2-1-3-6-12/h1-11H,(H,22,23,25). The molecule has 4 rings (SSSR count). The van der Waals surface area contributed by atoms with Crippen molar-refractivity contribution in [2.75, 3.05) is 5.32 Å². The Balaban J connectivity index is 1.71. The molecular weight excluding hydrogens is 430 g/mol. The van der Waals surface area contributed by atoms with Crippen molar-refractivity contribution in [2.24, 2.45) is 0 Å². The molecule has 2 aromatic carbocycles. The van der Waals surface area contributed by atoms with Crippen LogP contribution in [0.25, 0.3) is 21.0 Å². The molecule has 0 spiro atoms. The van der Waals surface area contributed by atoms with E-state index in [0.717, 1.165) is 27.1 Å². The van der Waals surface area contributed by atoms with Crippen LogP contribution in [0.15, 0.2) is 66.0 Å². The van der Waals surface area contributed by atoms with Crippen molar-refractivity contribution in [3.8, 4) is 21.0 Å².